The first-order valence-corrected chi connectivity index (χ1v) is 7.35. The molecule has 0 aromatic heterocycles. The van der Waals surface area contributed by atoms with Crippen molar-refractivity contribution < 1.29 is 32.8 Å². The highest BCUT2D eigenvalue weighted by atomic mass is 19.4. The highest BCUT2D eigenvalue weighted by Gasteiger charge is 2.37. The van der Waals surface area contributed by atoms with Gasteiger partial charge in [0.15, 0.2) is 0 Å². The molecule has 25 heavy (non-hydrogen) atoms. The SMILES string of the molecule is CCC(CC)(CNC(=O)c1ccc(C(F)(F)F)cc1[N+](=O)[O-])C(=O)O. The lowest BCUT2D eigenvalue weighted by Crippen LogP contribution is -2.42. The van der Waals surface area contributed by atoms with E-state index in [1.54, 1.807) is 13.8 Å². The molecule has 0 saturated carbocycles. The second-order valence-corrected chi connectivity index (χ2v) is 5.46. The maximum absolute atomic E-state index is 12.7. The standard InChI is InChI=1S/C15H17F3N2O5/c1-3-14(4-2,13(22)23)8-19-12(21)10-6-5-9(15(16,17)18)7-11(10)20(24)25/h5-7H,3-4,8H2,1-2H3,(H,19,21)(H,22,23). The molecule has 0 aliphatic heterocycles. The van der Waals surface area contributed by atoms with E-state index in [1.807, 2.05) is 0 Å². The van der Waals surface area contributed by atoms with Gasteiger partial charge in [0.25, 0.3) is 11.6 Å². The number of nitro groups is 1. The number of carbonyl (C=O) groups is 2. The van der Waals surface area contributed by atoms with Gasteiger partial charge in [-0.05, 0) is 25.0 Å². The number of rotatable bonds is 7. The highest BCUT2D eigenvalue weighted by Crippen LogP contribution is 2.33. The van der Waals surface area contributed by atoms with Crippen molar-refractivity contribution in [3.63, 3.8) is 0 Å². The molecule has 0 aliphatic rings. The van der Waals surface area contributed by atoms with Gasteiger partial charge in [-0.3, -0.25) is 19.7 Å². The summed E-state index contributed by atoms with van der Waals surface area (Å²) in [6.45, 7) is 2.93. The quantitative estimate of drug-likeness (QED) is 0.572. The number of nitro benzene ring substituents is 1. The summed E-state index contributed by atoms with van der Waals surface area (Å²) < 4.78 is 38.0. The number of hydrogen-bond acceptors (Lipinski definition) is 4. The smallest absolute Gasteiger partial charge is 0.416 e. The van der Waals surface area contributed by atoms with Crippen molar-refractivity contribution in [2.24, 2.45) is 5.41 Å². The molecule has 0 aliphatic carbocycles. The van der Waals surface area contributed by atoms with Crippen molar-refractivity contribution >= 4 is 17.6 Å². The van der Waals surface area contributed by atoms with Crippen LogP contribution in [-0.4, -0.2) is 28.5 Å². The Kier molecular flexibility index (Phi) is 6.11. The number of carbonyl (C=O) groups excluding carboxylic acids is 1. The van der Waals surface area contributed by atoms with E-state index in [-0.39, 0.29) is 25.5 Å². The van der Waals surface area contributed by atoms with Crippen LogP contribution in [0.1, 0.15) is 42.6 Å². The number of benzene rings is 1. The minimum absolute atomic E-state index is 0.203. The number of amides is 1. The Morgan fingerprint density at radius 1 is 1.24 bits per heavy atom. The second-order valence-electron chi connectivity index (χ2n) is 5.46. The molecule has 1 rings (SSSR count). The largest absolute Gasteiger partial charge is 0.481 e. The molecule has 0 fully saturated rings. The number of alkyl halides is 3. The molecule has 10 heteroatoms. The molecule has 138 valence electrons. The Hall–Kier alpha value is -2.65. The molecule has 1 aromatic carbocycles. The first kappa shape index (κ1) is 20.4. The molecule has 0 unspecified atom stereocenters. The Bertz CT molecular complexity index is 684. The third kappa shape index (κ3) is 4.46. The monoisotopic (exact) mass is 362 g/mol. The Labute approximate surface area is 141 Å². The van der Waals surface area contributed by atoms with Crippen LogP contribution in [0, 0.1) is 15.5 Å². The fraction of sp³-hybridized carbons (Fsp3) is 0.467. The number of hydrogen-bond donors (Lipinski definition) is 2. The number of nitrogens with zero attached hydrogens (tertiary/aromatic N) is 1. The number of carboxylic acid groups (broad SMARTS) is 1. The molecule has 0 radical (unpaired) electrons. The molecule has 1 aromatic rings. The minimum Gasteiger partial charge on any atom is -0.481 e. The van der Waals surface area contributed by atoms with Crippen LogP contribution in [0.15, 0.2) is 18.2 Å². The second kappa shape index (κ2) is 7.49. The molecule has 0 saturated heterocycles. The molecular weight excluding hydrogens is 345 g/mol. The predicted octanol–water partition coefficient (Wildman–Crippen LogP) is 3.23. The minimum atomic E-state index is -4.79. The number of carboxylic acids is 1. The molecule has 0 bridgehead atoms. The van der Waals surface area contributed by atoms with Crippen LogP contribution < -0.4 is 5.32 Å². The summed E-state index contributed by atoms with van der Waals surface area (Å²) in [7, 11) is 0. The Balaban J connectivity index is 3.14. The van der Waals surface area contributed by atoms with Crippen molar-refractivity contribution in [1.29, 1.82) is 0 Å². The van der Waals surface area contributed by atoms with Crippen molar-refractivity contribution in [1.82, 2.24) is 5.32 Å². The van der Waals surface area contributed by atoms with Crippen molar-refractivity contribution in [2.75, 3.05) is 6.54 Å². The maximum atomic E-state index is 12.7. The zero-order valence-electron chi connectivity index (χ0n) is 13.5. The summed E-state index contributed by atoms with van der Waals surface area (Å²) in [5.41, 5.74) is -4.07. The average molecular weight is 362 g/mol. The zero-order valence-corrected chi connectivity index (χ0v) is 13.5. The van der Waals surface area contributed by atoms with Crippen LogP contribution in [0.3, 0.4) is 0 Å². The Morgan fingerprint density at radius 3 is 2.20 bits per heavy atom. The van der Waals surface area contributed by atoms with Crippen LogP contribution in [0.2, 0.25) is 0 Å². The van der Waals surface area contributed by atoms with Gasteiger partial charge in [-0.25, -0.2) is 0 Å². The van der Waals surface area contributed by atoms with Gasteiger partial charge in [0.05, 0.1) is 15.9 Å². The van der Waals surface area contributed by atoms with E-state index in [4.69, 9.17) is 0 Å². The van der Waals surface area contributed by atoms with Crippen molar-refractivity contribution in [2.45, 2.75) is 32.9 Å². The van der Waals surface area contributed by atoms with Crippen LogP contribution in [0.25, 0.3) is 0 Å². The van der Waals surface area contributed by atoms with Gasteiger partial charge >= 0.3 is 12.1 Å². The van der Waals surface area contributed by atoms with E-state index in [2.05, 4.69) is 5.32 Å². The summed E-state index contributed by atoms with van der Waals surface area (Å²) in [5.74, 6) is -2.15. The fourth-order valence-electron chi connectivity index (χ4n) is 2.27. The zero-order chi connectivity index (χ0) is 19.4. The van der Waals surface area contributed by atoms with Gasteiger partial charge in [0.1, 0.15) is 5.56 Å². The van der Waals surface area contributed by atoms with E-state index in [0.717, 1.165) is 0 Å². The summed E-state index contributed by atoms with van der Waals surface area (Å²) in [6, 6.07) is 1.54. The van der Waals surface area contributed by atoms with E-state index in [9.17, 15) is 38.0 Å². The summed E-state index contributed by atoms with van der Waals surface area (Å²) in [4.78, 5) is 33.4. The molecule has 2 N–H and O–H groups in total. The van der Waals surface area contributed by atoms with E-state index in [1.165, 1.54) is 0 Å². The molecule has 7 nitrogen and oxygen atoms in total. The first-order valence-electron chi connectivity index (χ1n) is 7.35. The van der Waals surface area contributed by atoms with Gasteiger partial charge in [0.2, 0.25) is 0 Å². The molecule has 0 heterocycles. The molecule has 0 spiro atoms. The Morgan fingerprint density at radius 2 is 1.80 bits per heavy atom. The van der Waals surface area contributed by atoms with Crippen LogP contribution in [0.5, 0.6) is 0 Å². The summed E-state index contributed by atoms with van der Waals surface area (Å²) in [5, 5.41) is 22.6. The van der Waals surface area contributed by atoms with Gasteiger partial charge in [-0.1, -0.05) is 13.8 Å². The van der Waals surface area contributed by atoms with E-state index < -0.39 is 45.2 Å². The third-order valence-electron chi connectivity index (χ3n) is 4.16. The van der Waals surface area contributed by atoms with Crippen LogP contribution in [-0.2, 0) is 11.0 Å². The predicted molar refractivity (Wildman–Crippen MR) is 81.1 cm³/mol. The lowest BCUT2D eigenvalue weighted by molar-refractivity contribution is -0.385. The first-order chi connectivity index (χ1) is 11.5. The molecule has 0 atom stereocenters. The van der Waals surface area contributed by atoms with E-state index >= 15 is 0 Å². The normalized spacial score (nSPS) is 11.9. The highest BCUT2D eigenvalue weighted by molar-refractivity contribution is 5.98. The van der Waals surface area contributed by atoms with Crippen LogP contribution in [0.4, 0.5) is 18.9 Å². The van der Waals surface area contributed by atoms with Gasteiger partial charge in [-0.2, -0.15) is 13.2 Å². The maximum Gasteiger partial charge on any atom is 0.416 e. The number of aliphatic carboxylic acids is 1. The van der Waals surface area contributed by atoms with E-state index in [0.29, 0.717) is 12.1 Å². The van der Waals surface area contributed by atoms with Crippen molar-refractivity contribution in [3.8, 4) is 0 Å². The summed E-state index contributed by atoms with van der Waals surface area (Å²) in [6.07, 6.45) is -4.38. The fourth-order valence-corrected chi connectivity index (χ4v) is 2.27. The summed E-state index contributed by atoms with van der Waals surface area (Å²) >= 11 is 0. The van der Waals surface area contributed by atoms with Crippen LogP contribution >= 0.6 is 0 Å². The van der Waals surface area contributed by atoms with Gasteiger partial charge < -0.3 is 10.4 Å². The third-order valence-corrected chi connectivity index (χ3v) is 4.16. The van der Waals surface area contributed by atoms with Crippen molar-refractivity contribution in [3.05, 3.63) is 39.4 Å². The average Bonchev–Trinajstić information content (AvgIpc) is 2.54. The lowest BCUT2D eigenvalue weighted by Gasteiger charge is -2.26. The number of halogens is 3. The van der Waals surface area contributed by atoms with Gasteiger partial charge in [-0.15, -0.1) is 0 Å². The lowest BCUT2D eigenvalue weighted by atomic mass is 9.82. The topological polar surface area (TPSA) is 110 Å². The van der Waals surface area contributed by atoms with Gasteiger partial charge in [0, 0.05) is 12.6 Å². The molecule has 1 amide bonds. The number of nitrogens with one attached hydrogen (secondary N) is 1. The molecular formula is C15H17F3N2O5.